The van der Waals surface area contributed by atoms with E-state index in [1.165, 1.54) is 0 Å². The normalized spacial score (nSPS) is 31.5. The Balaban J connectivity index is 2.66. The summed E-state index contributed by atoms with van der Waals surface area (Å²) in [6, 6.07) is 0. The molecule has 2 aliphatic heterocycles. The minimum absolute atomic E-state index is 0.572. The van der Waals surface area contributed by atoms with Gasteiger partial charge in [0, 0.05) is 48.5 Å². The molecule has 0 radical (unpaired) electrons. The average Bonchev–Trinajstić information content (AvgIpc) is 2.87. The maximum Gasteiger partial charge on any atom is 0.303 e. The number of esters is 7. The lowest BCUT2D eigenvalue weighted by atomic mass is 9.96. The summed E-state index contributed by atoms with van der Waals surface area (Å²) in [4.78, 5) is 83.5. The minimum Gasteiger partial charge on any atom is -0.463 e. The number of aliphatic hydroxyl groups is 1. The number of carbonyl (C=O) groups excluding carboxylic acids is 7. The summed E-state index contributed by atoms with van der Waals surface area (Å²) in [6.45, 7) is 6.11. The van der Waals surface area contributed by atoms with Crippen molar-refractivity contribution in [3.8, 4) is 0 Å². The molecule has 0 aromatic heterocycles. The molecule has 2 fully saturated rings. The second kappa shape index (κ2) is 16.3. The molecule has 2 aliphatic rings. The first-order valence-corrected chi connectivity index (χ1v) is 13.3. The monoisotopic (exact) mass is 636 g/mol. The lowest BCUT2D eigenvalue weighted by Crippen LogP contribution is -2.67. The smallest absolute Gasteiger partial charge is 0.303 e. The van der Waals surface area contributed by atoms with Crippen LogP contribution in [0, 0.1) is 0 Å². The van der Waals surface area contributed by atoms with Crippen molar-refractivity contribution in [2.75, 3.05) is 13.2 Å². The molecular weight excluding hydrogens is 600 g/mol. The third-order valence-electron chi connectivity index (χ3n) is 5.90. The molecule has 0 bridgehead atoms. The predicted octanol–water partition coefficient (Wildman–Crippen LogP) is -1.40. The van der Waals surface area contributed by atoms with Crippen molar-refractivity contribution >= 4 is 41.8 Å². The molecule has 0 amide bonds. The number of aliphatic hydroxyl groups excluding tert-OH is 1. The van der Waals surface area contributed by atoms with Gasteiger partial charge >= 0.3 is 41.8 Å². The molecule has 10 atom stereocenters. The van der Waals surface area contributed by atoms with Gasteiger partial charge in [0.25, 0.3) is 0 Å². The summed E-state index contributed by atoms with van der Waals surface area (Å²) >= 11 is 0. The lowest BCUT2D eigenvalue weighted by Gasteiger charge is -2.48. The van der Waals surface area contributed by atoms with Crippen LogP contribution in [0.4, 0.5) is 0 Å². The molecule has 1 N–H and O–H groups in total. The van der Waals surface area contributed by atoms with Crippen molar-refractivity contribution in [2.24, 2.45) is 0 Å². The topological polar surface area (TPSA) is 232 Å². The van der Waals surface area contributed by atoms with Gasteiger partial charge in [0.1, 0.15) is 31.5 Å². The van der Waals surface area contributed by atoms with Crippen LogP contribution in [0.25, 0.3) is 0 Å². The SMILES string of the molecule is CC(=O)OCC1O[C@@H](O[C@H]2C(OC(C)=O)C(OC(C)=O)[C@@H](O)O[C@H]2COC(C)=O)C(OC(C)=O)[C@@H](OC(C)=O)[C@H]1OC(C)=O. The van der Waals surface area contributed by atoms with Crippen LogP contribution < -0.4 is 0 Å². The van der Waals surface area contributed by atoms with Gasteiger partial charge in [-0.25, -0.2) is 0 Å². The molecule has 2 rings (SSSR count). The molecule has 18 heteroatoms. The Morgan fingerprint density at radius 2 is 0.841 bits per heavy atom. The quantitative estimate of drug-likeness (QED) is 0.203. The first-order chi connectivity index (χ1) is 20.5. The van der Waals surface area contributed by atoms with E-state index in [1.807, 2.05) is 0 Å². The Kier molecular flexibility index (Phi) is 13.4. The molecule has 18 nitrogen and oxygen atoms in total. The van der Waals surface area contributed by atoms with Crippen LogP contribution in [0.2, 0.25) is 0 Å². The third kappa shape index (κ3) is 10.7. The number of ether oxygens (including phenoxy) is 10. The Morgan fingerprint density at radius 3 is 1.27 bits per heavy atom. The highest BCUT2D eigenvalue weighted by atomic mass is 16.8. The number of hydrogen-bond acceptors (Lipinski definition) is 18. The highest BCUT2D eigenvalue weighted by Gasteiger charge is 2.57. The van der Waals surface area contributed by atoms with Crippen molar-refractivity contribution in [1.29, 1.82) is 0 Å². The molecule has 44 heavy (non-hydrogen) atoms. The van der Waals surface area contributed by atoms with E-state index in [2.05, 4.69) is 0 Å². The van der Waals surface area contributed by atoms with Crippen LogP contribution in [0.5, 0.6) is 0 Å². The molecule has 0 aromatic carbocycles. The van der Waals surface area contributed by atoms with Gasteiger partial charge in [-0.05, 0) is 0 Å². The van der Waals surface area contributed by atoms with E-state index in [9.17, 15) is 38.7 Å². The van der Waals surface area contributed by atoms with Gasteiger partial charge in [-0.15, -0.1) is 0 Å². The first kappa shape index (κ1) is 36.3. The van der Waals surface area contributed by atoms with E-state index in [-0.39, 0.29) is 0 Å². The van der Waals surface area contributed by atoms with Gasteiger partial charge in [-0.1, -0.05) is 0 Å². The third-order valence-corrected chi connectivity index (χ3v) is 5.90. The fraction of sp³-hybridized carbons (Fsp3) is 0.731. The highest BCUT2D eigenvalue weighted by molar-refractivity contribution is 5.69. The summed E-state index contributed by atoms with van der Waals surface area (Å²) in [7, 11) is 0. The molecule has 0 spiro atoms. The summed E-state index contributed by atoms with van der Waals surface area (Å²) in [6.07, 6.45) is -16.3. The highest BCUT2D eigenvalue weighted by Crippen LogP contribution is 2.34. The van der Waals surface area contributed by atoms with Crippen molar-refractivity contribution < 1.29 is 86.0 Å². The first-order valence-electron chi connectivity index (χ1n) is 13.3. The van der Waals surface area contributed by atoms with Gasteiger partial charge in [0.05, 0.1) is 0 Å². The Labute approximate surface area is 251 Å². The average molecular weight is 637 g/mol. The summed E-state index contributed by atoms with van der Waals surface area (Å²) < 4.78 is 54.1. The van der Waals surface area contributed by atoms with Crippen LogP contribution in [-0.2, 0) is 80.9 Å². The standard InChI is InChI=1S/C26H36O18/c1-10(27)35-8-17-20(21(38-13(4)30)23(25(34)42-17)40-15(6)32)44-26-24(41-16(7)33)22(39-14(5)31)19(37-12(3)29)18(43-26)9-36-11(2)28/h17-26,34H,8-9H2,1-7H3/t17-,18?,19-,20+,21?,22-,23?,24?,25-,26-/m0/s1. The molecule has 4 unspecified atom stereocenters. The van der Waals surface area contributed by atoms with Crippen LogP contribution in [0.15, 0.2) is 0 Å². The minimum atomic E-state index is -1.90. The van der Waals surface area contributed by atoms with E-state index < -0.39 is 116 Å². The Hall–Kier alpha value is -3.87. The zero-order chi connectivity index (χ0) is 33.3. The number of hydrogen-bond donors (Lipinski definition) is 1. The van der Waals surface area contributed by atoms with Gasteiger partial charge < -0.3 is 52.5 Å². The van der Waals surface area contributed by atoms with Gasteiger partial charge in [-0.3, -0.25) is 33.6 Å². The van der Waals surface area contributed by atoms with Crippen LogP contribution in [-0.4, -0.2) is 122 Å². The largest absolute Gasteiger partial charge is 0.463 e. The molecule has 248 valence electrons. The van der Waals surface area contributed by atoms with Gasteiger partial charge in [0.2, 0.25) is 0 Å². The molecule has 2 heterocycles. The van der Waals surface area contributed by atoms with Crippen LogP contribution >= 0.6 is 0 Å². The van der Waals surface area contributed by atoms with Gasteiger partial charge in [-0.2, -0.15) is 0 Å². The second-order valence-corrected chi connectivity index (χ2v) is 9.68. The summed E-state index contributed by atoms with van der Waals surface area (Å²) in [5, 5.41) is 10.6. The molecule has 0 saturated carbocycles. The fourth-order valence-corrected chi connectivity index (χ4v) is 4.49. The zero-order valence-electron chi connectivity index (χ0n) is 25.1. The van der Waals surface area contributed by atoms with Crippen molar-refractivity contribution in [3.05, 3.63) is 0 Å². The summed E-state index contributed by atoms with van der Waals surface area (Å²) in [5.74, 6) is -6.03. The maximum absolute atomic E-state index is 12.2. The van der Waals surface area contributed by atoms with E-state index in [0.717, 1.165) is 48.5 Å². The van der Waals surface area contributed by atoms with Crippen molar-refractivity contribution in [3.63, 3.8) is 0 Å². The zero-order valence-corrected chi connectivity index (χ0v) is 25.1. The summed E-state index contributed by atoms with van der Waals surface area (Å²) in [5.41, 5.74) is 0. The molecule has 0 aromatic rings. The molecule has 0 aliphatic carbocycles. The van der Waals surface area contributed by atoms with Gasteiger partial charge in [0.15, 0.2) is 43.1 Å². The van der Waals surface area contributed by atoms with E-state index in [4.69, 9.17) is 47.4 Å². The predicted molar refractivity (Wildman–Crippen MR) is 135 cm³/mol. The Bertz CT molecular complexity index is 1090. The maximum atomic E-state index is 12.2. The number of rotatable bonds is 11. The fourth-order valence-electron chi connectivity index (χ4n) is 4.49. The van der Waals surface area contributed by atoms with E-state index >= 15 is 0 Å². The molecular formula is C26H36O18. The van der Waals surface area contributed by atoms with E-state index in [0.29, 0.717) is 0 Å². The Morgan fingerprint density at radius 1 is 0.477 bits per heavy atom. The lowest BCUT2D eigenvalue weighted by molar-refractivity contribution is -0.357. The molecule has 2 saturated heterocycles. The van der Waals surface area contributed by atoms with Crippen molar-refractivity contribution in [1.82, 2.24) is 0 Å². The number of carbonyl (C=O) groups is 7. The van der Waals surface area contributed by atoms with E-state index in [1.54, 1.807) is 0 Å². The van der Waals surface area contributed by atoms with Crippen LogP contribution in [0.3, 0.4) is 0 Å². The second-order valence-electron chi connectivity index (χ2n) is 9.68. The van der Waals surface area contributed by atoms with Crippen LogP contribution in [0.1, 0.15) is 48.5 Å². The van der Waals surface area contributed by atoms with Crippen molar-refractivity contribution in [2.45, 2.75) is 110 Å².